The molecule has 0 spiro atoms. The first-order chi connectivity index (χ1) is 3.80. The van der Waals surface area contributed by atoms with Crippen LogP contribution in [0.3, 0.4) is 0 Å². The summed E-state index contributed by atoms with van der Waals surface area (Å²) in [4.78, 5) is 10.4. The zero-order valence-electron chi connectivity index (χ0n) is 4.27. The van der Waals surface area contributed by atoms with Crippen LogP contribution in [0.25, 0.3) is 0 Å². The zero-order valence-corrected chi connectivity index (χ0v) is 4.27. The Morgan fingerprint density at radius 2 is 2.50 bits per heavy atom. The van der Waals surface area contributed by atoms with Gasteiger partial charge in [0.15, 0.2) is 0 Å². The molecule has 1 aliphatic heterocycles. The van der Waals surface area contributed by atoms with E-state index in [1.165, 1.54) is 0 Å². The highest BCUT2D eigenvalue weighted by molar-refractivity contribution is 6.38. The molecule has 42 valence electrons. The Bertz CT molecular complexity index is 142. The fourth-order valence-electron chi connectivity index (χ4n) is 0.491. The maximum atomic E-state index is 10.4. The van der Waals surface area contributed by atoms with Crippen molar-refractivity contribution in [2.45, 2.75) is 6.42 Å². The van der Waals surface area contributed by atoms with Crippen LogP contribution in [0.4, 0.5) is 0 Å². The Balaban J connectivity index is 2.71. The van der Waals surface area contributed by atoms with Gasteiger partial charge in [-0.15, -0.1) is 0 Å². The molecule has 8 heavy (non-hydrogen) atoms. The summed E-state index contributed by atoms with van der Waals surface area (Å²) in [6.45, 7) is 0. The van der Waals surface area contributed by atoms with Crippen molar-refractivity contribution >= 4 is 11.6 Å². The highest BCUT2D eigenvalue weighted by atomic mass is 16.1. The van der Waals surface area contributed by atoms with Crippen molar-refractivity contribution in [3.63, 3.8) is 0 Å². The highest BCUT2D eigenvalue weighted by Gasteiger charge is 2.07. The molecule has 2 N–H and O–H groups in total. The SMILES string of the molecule is N=C1CC=CNC1=O. The third-order valence-electron chi connectivity index (χ3n) is 0.928. The largest absolute Gasteiger partial charge is 0.328 e. The molecule has 0 aliphatic carbocycles. The molecule has 1 amide bonds. The number of hydrogen-bond acceptors (Lipinski definition) is 2. The van der Waals surface area contributed by atoms with E-state index in [2.05, 4.69) is 5.32 Å². The Morgan fingerprint density at radius 3 is 2.88 bits per heavy atom. The van der Waals surface area contributed by atoms with Crippen molar-refractivity contribution in [3.05, 3.63) is 12.3 Å². The molecular formula is C5H6N2O. The lowest BCUT2D eigenvalue weighted by molar-refractivity contribution is -0.114. The van der Waals surface area contributed by atoms with Gasteiger partial charge in [-0.25, -0.2) is 0 Å². The summed E-state index contributed by atoms with van der Waals surface area (Å²) in [5, 5.41) is 9.32. The fraction of sp³-hybridized carbons (Fsp3) is 0.200. The van der Waals surface area contributed by atoms with E-state index in [-0.39, 0.29) is 11.6 Å². The summed E-state index contributed by atoms with van der Waals surface area (Å²) < 4.78 is 0. The van der Waals surface area contributed by atoms with Gasteiger partial charge in [-0.2, -0.15) is 0 Å². The van der Waals surface area contributed by atoms with E-state index in [9.17, 15) is 4.79 Å². The number of nitrogens with one attached hydrogen (secondary N) is 2. The molecule has 1 rings (SSSR count). The monoisotopic (exact) mass is 110 g/mol. The number of hydrogen-bond donors (Lipinski definition) is 2. The van der Waals surface area contributed by atoms with Crippen molar-refractivity contribution < 1.29 is 4.79 Å². The van der Waals surface area contributed by atoms with Crippen LogP contribution in [0.5, 0.6) is 0 Å². The summed E-state index contributed by atoms with van der Waals surface area (Å²) in [5.41, 5.74) is 0.132. The van der Waals surface area contributed by atoms with Crippen LogP contribution in [0, 0.1) is 5.41 Å². The molecule has 0 aromatic rings. The number of carbonyl (C=O) groups is 1. The number of rotatable bonds is 0. The molecule has 0 aromatic heterocycles. The standard InChI is InChI=1S/C5H6N2O/c6-4-2-1-3-7-5(4)8/h1,3,6H,2H2,(H,7,8). The first-order valence-electron chi connectivity index (χ1n) is 2.34. The molecule has 0 saturated heterocycles. The van der Waals surface area contributed by atoms with Gasteiger partial charge in [0.05, 0.1) is 0 Å². The molecule has 0 radical (unpaired) electrons. The van der Waals surface area contributed by atoms with Gasteiger partial charge < -0.3 is 5.32 Å². The second-order valence-corrected chi connectivity index (χ2v) is 1.56. The zero-order chi connectivity index (χ0) is 5.98. The predicted octanol–water partition coefficient (Wildman–Crippen LogP) is 0.0398. The van der Waals surface area contributed by atoms with Crippen LogP contribution in [-0.2, 0) is 4.79 Å². The molecule has 1 heterocycles. The number of amides is 1. The van der Waals surface area contributed by atoms with Crippen LogP contribution < -0.4 is 5.32 Å². The summed E-state index contributed by atoms with van der Waals surface area (Å²) in [5.74, 6) is -0.285. The summed E-state index contributed by atoms with van der Waals surface area (Å²) in [6.07, 6.45) is 3.76. The average molecular weight is 110 g/mol. The summed E-state index contributed by atoms with van der Waals surface area (Å²) in [7, 11) is 0. The Labute approximate surface area is 46.9 Å². The van der Waals surface area contributed by atoms with Crippen LogP contribution >= 0.6 is 0 Å². The quantitative estimate of drug-likeness (QED) is 0.454. The summed E-state index contributed by atoms with van der Waals surface area (Å²) in [6, 6.07) is 0. The molecular weight excluding hydrogens is 104 g/mol. The normalized spacial score (nSPS) is 18.5. The van der Waals surface area contributed by atoms with Gasteiger partial charge >= 0.3 is 0 Å². The lowest BCUT2D eigenvalue weighted by atomic mass is 10.2. The lowest BCUT2D eigenvalue weighted by Gasteiger charge is -2.03. The fourth-order valence-corrected chi connectivity index (χ4v) is 0.491. The molecule has 3 heteroatoms. The van der Waals surface area contributed by atoms with Gasteiger partial charge in [0, 0.05) is 12.6 Å². The van der Waals surface area contributed by atoms with E-state index in [1.54, 1.807) is 12.3 Å². The Morgan fingerprint density at radius 1 is 1.75 bits per heavy atom. The first-order valence-corrected chi connectivity index (χ1v) is 2.34. The minimum absolute atomic E-state index is 0.132. The van der Waals surface area contributed by atoms with Gasteiger partial charge in [-0.1, -0.05) is 6.08 Å². The maximum absolute atomic E-state index is 10.4. The van der Waals surface area contributed by atoms with Gasteiger partial charge in [0.1, 0.15) is 5.71 Å². The van der Waals surface area contributed by atoms with Crippen LogP contribution in [0.2, 0.25) is 0 Å². The Hall–Kier alpha value is -1.12. The molecule has 0 unspecified atom stereocenters. The number of allylic oxidation sites excluding steroid dienone is 1. The molecule has 0 fully saturated rings. The van der Waals surface area contributed by atoms with Gasteiger partial charge in [0.2, 0.25) is 0 Å². The predicted molar refractivity (Wildman–Crippen MR) is 29.6 cm³/mol. The molecule has 3 nitrogen and oxygen atoms in total. The topological polar surface area (TPSA) is 53.0 Å². The van der Waals surface area contributed by atoms with Crippen molar-refractivity contribution in [3.8, 4) is 0 Å². The second kappa shape index (κ2) is 1.78. The van der Waals surface area contributed by atoms with Crippen molar-refractivity contribution in [1.29, 1.82) is 5.41 Å². The first kappa shape index (κ1) is 5.03. The van der Waals surface area contributed by atoms with E-state index in [1.807, 2.05) is 0 Å². The maximum Gasteiger partial charge on any atom is 0.269 e. The van der Waals surface area contributed by atoms with Crippen molar-refractivity contribution in [2.75, 3.05) is 0 Å². The van der Waals surface area contributed by atoms with E-state index >= 15 is 0 Å². The van der Waals surface area contributed by atoms with E-state index < -0.39 is 0 Å². The van der Waals surface area contributed by atoms with Crippen molar-refractivity contribution in [2.24, 2.45) is 0 Å². The van der Waals surface area contributed by atoms with Crippen LogP contribution in [0.15, 0.2) is 12.3 Å². The molecule has 0 aromatic carbocycles. The van der Waals surface area contributed by atoms with Gasteiger partial charge in [0.25, 0.3) is 5.91 Å². The van der Waals surface area contributed by atoms with Crippen LogP contribution in [0.1, 0.15) is 6.42 Å². The highest BCUT2D eigenvalue weighted by Crippen LogP contribution is 1.90. The van der Waals surface area contributed by atoms with Crippen LogP contribution in [-0.4, -0.2) is 11.6 Å². The van der Waals surface area contributed by atoms with E-state index in [0.717, 1.165) is 0 Å². The van der Waals surface area contributed by atoms with E-state index in [4.69, 9.17) is 5.41 Å². The minimum Gasteiger partial charge on any atom is -0.328 e. The number of carbonyl (C=O) groups excluding carboxylic acids is 1. The summed E-state index contributed by atoms with van der Waals surface area (Å²) >= 11 is 0. The smallest absolute Gasteiger partial charge is 0.269 e. The Kier molecular flexibility index (Phi) is 1.12. The lowest BCUT2D eigenvalue weighted by Crippen LogP contribution is -2.28. The molecule has 1 aliphatic rings. The third-order valence-corrected chi connectivity index (χ3v) is 0.928. The average Bonchev–Trinajstić information content (AvgIpc) is 1.77. The van der Waals surface area contributed by atoms with E-state index in [0.29, 0.717) is 6.42 Å². The van der Waals surface area contributed by atoms with Gasteiger partial charge in [-0.05, 0) is 0 Å². The van der Waals surface area contributed by atoms with Gasteiger partial charge in [-0.3, -0.25) is 10.2 Å². The molecule has 0 saturated carbocycles. The van der Waals surface area contributed by atoms with Crippen molar-refractivity contribution in [1.82, 2.24) is 5.32 Å². The third kappa shape index (κ3) is 0.753. The minimum atomic E-state index is -0.285. The molecule has 0 atom stereocenters. The molecule has 0 bridgehead atoms. The second-order valence-electron chi connectivity index (χ2n) is 1.56.